The monoisotopic (exact) mass is 339 g/mol. The third-order valence-electron chi connectivity index (χ3n) is 4.72. The molecule has 1 N–H and O–H groups in total. The van der Waals surface area contributed by atoms with Crippen LogP contribution in [0.15, 0.2) is 0 Å². The zero-order valence-corrected chi connectivity index (χ0v) is 15.5. The molecule has 0 aromatic rings. The van der Waals surface area contributed by atoms with E-state index in [1.165, 1.54) is 64.2 Å². The van der Waals surface area contributed by atoms with E-state index in [2.05, 4.69) is 5.32 Å². The van der Waals surface area contributed by atoms with Gasteiger partial charge in [-0.05, 0) is 12.8 Å². The Bertz CT molecular complexity index is 299. The molecule has 1 heterocycles. The molecule has 0 spiro atoms. The van der Waals surface area contributed by atoms with Crippen molar-refractivity contribution >= 4 is 11.9 Å². The summed E-state index contributed by atoms with van der Waals surface area (Å²) in [4.78, 5) is 23.2. The SMILES string of the molecule is O=C1CCCCCCCCCCCCCCCCC(=O)OCCN1. The van der Waals surface area contributed by atoms with Gasteiger partial charge in [-0.15, -0.1) is 0 Å². The van der Waals surface area contributed by atoms with Crippen LogP contribution in [0.2, 0.25) is 0 Å². The summed E-state index contributed by atoms with van der Waals surface area (Å²) < 4.78 is 5.15. The van der Waals surface area contributed by atoms with Gasteiger partial charge in [0, 0.05) is 12.8 Å². The Labute approximate surface area is 148 Å². The second-order valence-corrected chi connectivity index (χ2v) is 7.02. The first-order valence-electron chi connectivity index (χ1n) is 10.2. The van der Waals surface area contributed by atoms with Crippen LogP contribution in [0.3, 0.4) is 0 Å². The minimum atomic E-state index is -0.133. The Morgan fingerprint density at radius 3 is 1.50 bits per heavy atom. The van der Waals surface area contributed by atoms with E-state index >= 15 is 0 Å². The number of carbonyl (C=O) groups is 2. The summed E-state index contributed by atoms with van der Waals surface area (Å²) >= 11 is 0. The average molecular weight is 340 g/mol. The molecule has 4 nitrogen and oxygen atoms in total. The minimum Gasteiger partial charge on any atom is -0.464 e. The fourth-order valence-corrected chi connectivity index (χ4v) is 3.19. The van der Waals surface area contributed by atoms with Gasteiger partial charge in [0.05, 0.1) is 6.54 Å². The van der Waals surface area contributed by atoms with E-state index in [4.69, 9.17) is 4.74 Å². The number of carbonyl (C=O) groups excluding carboxylic acids is 2. The summed E-state index contributed by atoms with van der Waals surface area (Å²) in [6.45, 7) is 0.731. The van der Waals surface area contributed by atoms with Crippen molar-refractivity contribution in [3.8, 4) is 0 Å². The Kier molecular flexibility index (Phi) is 13.5. The summed E-state index contributed by atoms with van der Waals surface area (Å²) in [5.74, 6) is -0.0559. The van der Waals surface area contributed by atoms with Gasteiger partial charge in [0.1, 0.15) is 6.61 Å². The highest BCUT2D eigenvalue weighted by Gasteiger charge is 2.04. The summed E-state index contributed by atoms with van der Waals surface area (Å²) in [6, 6.07) is 0. The van der Waals surface area contributed by atoms with Crippen LogP contribution in [0.4, 0.5) is 0 Å². The van der Waals surface area contributed by atoms with Crippen LogP contribution in [0, 0.1) is 0 Å². The van der Waals surface area contributed by atoms with E-state index in [1.807, 2.05) is 0 Å². The van der Waals surface area contributed by atoms with Gasteiger partial charge in [0.25, 0.3) is 0 Å². The van der Waals surface area contributed by atoms with Crippen LogP contribution in [-0.4, -0.2) is 25.0 Å². The predicted octanol–water partition coefficient (Wildman–Crippen LogP) is 4.90. The smallest absolute Gasteiger partial charge is 0.305 e. The van der Waals surface area contributed by atoms with Crippen molar-refractivity contribution in [1.82, 2.24) is 5.32 Å². The van der Waals surface area contributed by atoms with E-state index in [-0.39, 0.29) is 11.9 Å². The number of amides is 1. The fourth-order valence-electron chi connectivity index (χ4n) is 3.19. The second kappa shape index (κ2) is 15.5. The van der Waals surface area contributed by atoms with Crippen LogP contribution in [0.25, 0.3) is 0 Å². The third-order valence-corrected chi connectivity index (χ3v) is 4.72. The summed E-state index contributed by atoms with van der Waals surface area (Å²) in [7, 11) is 0. The van der Waals surface area contributed by atoms with Crippen molar-refractivity contribution in [3.05, 3.63) is 0 Å². The quantitative estimate of drug-likeness (QED) is 0.639. The fraction of sp³-hybridized carbons (Fsp3) is 0.900. The lowest BCUT2D eigenvalue weighted by Crippen LogP contribution is -2.27. The molecule has 1 rings (SSSR count). The maximum absolute atomic E-state index is 11.7. The highest BCUT2D eigenvalue weighted by atomic mass is 16.5. The Morgan fingerprint density at radius 2 is 1.00 bits per heavy atom. The van der Waals surface area contributed by atoms with Gasteiger partial charge in [-0.2, -0.15) is 0 Å². The molecular formula is C20H37NO3. The first-order chi connectivity index (χ1) is 11.8. The number of hydrogen-bond acceptors (Lipinski definition) is 3. The van der Waals surface area contributed by atoms with E-state index in [9.17, 15) is 9.59 Å². The second-order valence-electron chi connectivity index (χ2n) is 7.02. The number of cyclic esters (lactones) is 1. The molecule has 0 radical (unpaired) electrons. The van der Waals surface area contributed by atoms with Crippen LogP contribution in [0.1, 0.15) is 103 Å². The van der Waals surface area contributed by atoms with Gasteiger partial charge < -0.3 is 10.1 Å². The summed E-state index contributed by atoms with van der Waals surface area (Å²) in [5, 5.41) is 2.82. The van der Waals surface area contributed by atoms with Crippen LogP contribution >= 0.6 is 0 Å². The van der Waals surface area contributed by atoms with Gasteiger partial charge in [-0.25, -0.2) is 0 Å². The molecule has 0 atom stereocenters. The summed E-state index contributed by atoms with van der Waals surface area (Å²) in [5.41, 5.74) is 0. The molecule has 0 aliphatic carbocycles. The number of esters is 1. The summed E-state index contributed by atoms with van der Waals surface area (Å²) in [6.07, 6.45) is 18.4. The van der Waals surface area contributed by atoms with Gasteiger partial charge >= 0.3 is 5.97 Å². The zero-order chi connectivity index (χ0) is 17.3. The van der Waals surface area contributed by atoms with Crippen molar-refractivity contribution in [2.45, 2.75) is 103 Å². The first-order valence-corrected chi connectivity index (χ1v) is 10.2. The molecule has 1 saturated heterocycles. The lowest BCUT2D eigenvalue weighted by molar-refractivity contribution is -0.144. The zero-order valence-electron chi connectivity index (χ0n) is 15.5. The number of nitrogens with one attached hydrogen (secondary N) is 1. The van der Waals surface area contributed by atoms with E-state index in [1.54, 1.807) is 0 Å². The molecule has 0 aromatic heterocycles. The average Bonchev–Trinajstić information content (AvgIpc) is 2.57. The predicted molar refractivity (Wildman–Crippen MR) is 97.8 cm³/mol. The van der Waals surface area contributed by atoms with Gasteiger partial charge in [-0.3, -0.25) is 9.59 Å². The molecule has 0 aromatic carbocycles. The van der Waals surface area contributed by atoms with Gasteiger partial charge in [0.15, 0.2) is 0 Å². The number of ether oxygens (including phenoxy) is 1. The molecule has 0 unspecified atom stereocenters. The van der Waals surface area contributed by atoms with Crippen molar-refractivity contribution in [2.24, 2.45) is 0 Å². The number of rotatable bonds is 0. The molecule has 1 aliphatic heterocycles. The maximum Gasteiger partial charge on any atom is 0.305 e. The highest BCUT2D eigenvalue weighted by molar-refractivity contribution is 5.75. The Hall–Kier alpha value is -1.06. The standard InChI is InChI=1S/C20H37NO3/c22-19-15-13-11-9-7-5-3-1-2-4-6-8-10-12-14-16-20(23)24-18-17-21-19/h1-18H2,(H,21,22). The molecule has 24 heavy (non-hydrogen) atoms. The molecule has 1 amide bonds. The Balaban J connectivity index is 2.17. The lowest BCUT2D eigenvalue weighted by Gasteiger charge is -2.07. The molecule has 0 saturated carbocycles. The topological polar surface area (TPSA) is 55.4 Å². The van der Waals surface area contributed by atoms with Gasteiger partial charge in [-0.1, -0.05) is 77.0 Å². The normalized spacial score (nSPS) is 22.5. The molecule has 1 fully saturated rings. The van der Waals surface area contributed by atoms with Crippen molar-refractivity contribution in [2.75, 3.05) is 13.2 Å². The molecule has 140 valence electrons. The first kappa shape index (κ1) is 21.0. The molecule has 4 heteroatoms. The Morgan fingerprint density at radius 1 is 0.583 bits per heavy atom. The lowest BCUT2D eigenvalue weighted by atomic mass is 10.0. The molecule has 1 aliphatic rings. The highest BCUT2D eigenvalue weighted by Crippen LogP contribution is 2.14. The van der Waals surface area contributed by atoms with Crippen molar-refractivity contribution in [3.63, 3.8) is 0 Å². The molecule has 0 bridgehead atoms. The largest absolute Gasteiger partial charge is 0.464 e. The van der Waals surface area contributed by atoms with Crippen LogP contribution < -0.4 is 5.32 Å². The van der Waals surface area contributed by atoms with Crippen LogP contribution in [-0.2, 0) is 14.3 Å². The molecular weight excluding hydrogens is 302 g/mol. The van der Waals surface area contributed by atoms with Crippen molar-refractivity contribution < 1.29 is 14.3 Å². The van der Waals surface area contributed by atoms with E-state index in [0.717, 1.165) is 25.7 Å². The van der Waals surface area contributed by atoms with E-state index in [0.29, 0.717) is 26.0 Å². The van der Waals surface area contributed by atoms with Gasteiger partial charge in [0.2, 0.25) is 5.91 Å². The third kappa shape index (κ3) is 13.4. The van der Waals surface area contributed by atoms with E-state index < -0.39 is 0 Å². The van der Waals surface area contributed by atoms with Crippen molar-refractivity contribution in [1.29, 1.82) is 0 Å². The maximum atomic E-state index is 11.7. The minimum absolute atomic E-state index is 0.0770. The van der Waals surface area contributed by atoms with Crippen LogP contribution in [0.5, 0.6) is 0 Å². The number of hydrogen-bond donors (Lipinski definition) is 1.